The average molecular weight is 383 g/mol. The summed E-state index contributed by atoms with van der Waals surface area (Å²) in [5.74, 6) is 0.795. The molecule has 0 atom stereocenters. The fourth-order valence-electron chi connectivity index (χ4n) is 3.35. The summed E-state index contributed by atoms with van der Waals surface area (Å²) in [4.78, 5) is 21.6. The Morgan fingerprint density at radius 2 is 1.82 bits per heavy atom. The quantitative estimate of drug-likeness (QED) is 0.761. The van der Waals surface area contributed by atoms with Gasteiger partial charge in [0, 0.05) is 32.4 Å². The van der Waals surface area contributed by atoms with Crippen molar-refractivity contribution in [1.82, 2.24) is 15.2 Å². The van der Waals surface area contributed by atoms with Crippen LogP contribution < -0.4 is 10.2 Å². The number of amides is 1. The third-order valence-electron chi connectivity index (χ3n) is 5.19. The maximum Gasteiger partial charge on any atom is 0.253 e. The Hall–Kier alpha value is -2.44. The molecule has 1 N–H and O–H groups in total. The second-order valence-corrected chi connectivity index (χ2v) is 6.92. The van der Waals surface area contributed by atoms with Gasteiger partial charge in [-0.2, -0.15) is 0 Å². The van der Waals surface area contributed by atoms with E-state index in [2.05, 4.69) is 52.1 Å². The summed E-state index contributed by atoms with van der Waals surface area (Å²) in [6.45, 7) is 10.9. The Kier molecular flexibility index (Phi) is 7.39. The molecule has 1 saturated heterocycles. The monoisotopic (exact) mass is 382 g/mol. The molecule has 1 fully saturated rings. The van der Waals surface area contributed by atoms with Crippen LogP contribution in [0.3, 0.4) is 0 Å². The summed E-state index contributed by atoms with van der Waals surface area (Å²) in [6.07, 6.45) is 1.65. The average Bonchev–Trinajstić information content (AvgIpc) is 2.77. The number of hydrogen-bond acceptors (Lipinski definition) is 5. The first kappa shape index (κ1) is 20.3. The smallest absolute Gasteiger partial charge is 0.253 e. The molecule has 6 heteroatoms. The van der Waals surface area contributed by atoms with Crippen LogP contribution in [0.1, 0.15) is 35.3 Å². The molecule has 28 heavy (non-hydrogen) atoms. The SMILES string of the molecule is CCN(CC)Cc1ccccc1CNC(=O)c1ccc(N2CCOCC2)nc1. The largest absolute Gasteiger partial charge is 0.378 e. The zero-order valence-electron chi connectivity index (χ0n) is 16.9. The van der Waals surface area contributed by atoms with Crippen LogP contribution in [0.25, 0.3) is 0 Å². The highest BCUT2D eigenvalue weighted by molar-refractivity contribution is 5.94. The van der Waals surface area contributed by atoms with Crippen molar-refractivity contribution >= 4 is 11.7 Å². The lowest BCUT2D eigenvalue weighted by Crippen LogP contribution is -2.36. The summed E-state index contributed by atoms with van der Waals surface area (Å²) >= 11 is 0. The number of benzene rings is 1. The topological polar surface area (TPSA) is 57.7 Å². The molecule has 0 radical (unpaired) electrons. The number of nitrogens with one attached hydrogen (secondary N) is 1. The van der Waals surface area contributed by atoms with Crippen LogP contribution >= 0.6 is 0 Å². The van der Waals surface area contributed by atoms with Crippen molar-refractivity contribution in [3.8, 4) is 0 Å². The minimum atomic E-state index is -0.0985. The van der Waals surface area contributed by atoms with E-state index in [0.717, 1.165) is 57.3 Å². The summed E-state index contributed by atoms with van der Waals surface area (Å²) in [6, 6.07) is 12.0. The van der Waals surface area contributed by atoms with Crippen LogP contribution in [0, 0.1) is 0 Å². The first-order valence-electron chi connectivity index (χ1n) is 10.1. The molecule has 2 heterocycles. The Labute approximate surface area is 167 Å². The van der Waals surface area contributed by atoms with E-state index in [0.29, 0.717) is 12.1 Å². The number of nitrogens with zero attached hydrogens (tertiary/aromatic N) is 3. The molecule has 0 bridgehead atoms. The van der Waals surface area contributed by atoms with Gasteiger partial charge in [0.25, 0.3) is 5.91 Å². The zero-order valence-corrected chi connectivity index (χ0v) is 16.9. The predicted molar refractivity (Wildman–Crippen MR) is 112 cm³/mol. The van der Waals surface area contributed by atoms with Crippen LogP contribution in [-0.2, 0) is 17.8 Å². The minimum Gasteiger partial charge on any atom is -0.378 e. The van der Waals surface area contributed by atoms with Gasteiger partial charge < -0.3 is 15.0 Å². The van der Waals surface area contributed by atoms with Crippen molar-refractivity contribution in [3.63, 3.8) is 0 Å². The fraction of sp³-hybridized carbons (Fsp3) is 0.455. The molecular formula is C22H30N4O2. The van der Waals surface area contributed by atoms with Crippen LogP contribution in [0.15, 0.2) is 42.6 Å². The van der Waals surface area contributed by atoms with Crippen molar-refractivity contribution in [2.24, 2.45) is 0 Å². The van der Waals surface area contributed by atoms with E-state index in [-0.39, 0.29) is 5.91 Å². The van der Waals surface area contributed by atoms with Crippen molar-refractivity contribution in [2.75, 3.05) is 44.3 Å². The highest BCUT2D eigenvalue weighted by atomic mass is 16.5. The van der Waals surface area contributed by atoms with Gasteiger partial charge in [0.1, 0.15) is 5.82 Å². The summed E-state index contributed by atoms with van der Waals surface area (Å²) < 4.78 is 5.37. The van der Waals surface area contributed by atoms with Crippen molar-refractivity contribution in [1.29, 1.82) is 0 Å². The Balaban J connectivity index is 1.59. The Bertz CT molecular complexity index is 753. The molecule has 0 spiro atoms. The first-order chi connectivity index (χ1) is 13.7. The standard InChI is InChI=1S/C22H30N4O2/c1-3-25(4-2)17-20-8-6-5-7-18(20)15-24-22(27)19-9-10-21(23-16-19)26-11-13-28-14-12-26/h5-10,16H,3-4,11-15,17H2,1-2H3,(H,24,27). The zero-order chi connectivity index (χ0) is 19.8. The Morgan fingerprint density at radius 3 is 2.46 bits per heavy atom. The number of ether oxygens (including phenoxy) is 1. The number of morpholine rings is 1. The molecule has 1 amide bonds. The molecule has 0 saturated carbocycles. The number of hydrogen-bond donors (Lipinski definition) is 1. The summed E-state index contributed by atoms with van der Waals surface area (Å²) in [5.41, 5.74) is 2.99. The molecule has 1 aliphatic rings. The second-order valence-electron chi connectivity index (χ2n) is 6.92. The van der Waals surface area contributed by atoms with Gasteiger partial charge in [-0.15, -0.1) is 0 Å². The molecule has 6 nitrogen and oxygen atoms in total. The minimum absolute atomic E-state index is 0.0985. The lowest BCUT2D eigenvalue weighted by atomic mass is 10.1. The number of rotatable bonds is 8. The number of aromatic nitrogens is 1. The van der Waals surface area contributed by atoms with E-state index in [1.807, 2.05) is 18.2 Å². The van der Waals surface area contributed by atoms with Gasteiger partial charge in [-0.05, 0) is 36.3 Å². The third-order valence-corrected chi connectivity index (χ3v) is 5.19. The van der Waals surface area contributed by atoms with E-state index in [4.69, 9.17) is 4.74 Å². The number of pyridine rings is 1. The van der Waals surface area contributed by atoms with Gasteiger partial charge in [0.05, 0.1) is 18.8 Å². The van der Waals surface area contributed by atoms with E-state index < -0.39 is 0 Å². The number of carbonyl (C=O) groups is 1. The van der Waals surface area contributed by atoms with Gasteiger partial charge in [-0.3, -0.25) is 9.69 Å². The Morgan fingerprint density at radius 1 is 1.11 bits per heavy atom. The van der Waals surface area contributed by atoms with Gasteiger partial charge in [-0.1, -0.05) is 38.1 Å². The highest BCUT2D eigenvalue weighted by Gasteiger charge is 2.14. The van der Waals surface area contributed by atoms with Gasteiger partial charge in [0.2, 0.25) is 0 Å². The van der Waals surface area contributed by atoms with Crippen molar-refractivity contribution in [3.05, 3.63) is 59.3 Å². The molecule has 0 unspecified atom stereocenters. The summed E-state index contributed by atoms with van der Waals surface area (Å²) in [7, 11) is 0. The molecule has 3 rings (SSSR count). The fourth-order valence-corrected chi connectivity index (χ4v) is 3.35. The summed E-state index contributed by atoms with van der Waals surface area (Å²) in [5, 5.41) is 3.03. The maximum absolute atomic E-state index is 12.6. The maximum atomic E-state index is 12.6. The second kappa shape index (κ2) is 10.2. The normalized spacial score (nSPS) is 14.3. The van der Waals surface area contributed by atoms with Crippen LogP contribution in [-0.4, -0.2) is 55.2 Å². The number of anilines is 1. The van der Waals surface area contributed by atoms with E-state index in [1.165, 1.54) is 5.56 Å². The molecule has 2 aromatic rings. The van der Waals surface area contributed by atoms with Gasteiger partial charge in [0.15, 0.2) is 0 Å². The van der Waals surface area contributed by atoms with Crippen molar-refractivity contribution < 1.29 is 9.53 Å². The first-order valence-corrected chi connectivity index (χ1v) is 10.1. The lowest BCUT2D eigenvalue weighted by molar-refractivity contribution is 0.0950. The van der Waals surface area contributed by atoms with Crippen molar-refractivity contribution in [2.45, 2.75) is 26.9 Å². The molecule has 0 aliphatic carbocycles. The molecule has 1 aliphatic heterocycles. The number of carbonyl (C=O) groups excluding carboxylic acids is 1. The molecule has 1 aromatic carbocycles. The van der Waals surface area contributed by atoms with Gasteiger partial charge >= 0.3 is 0 Å². The lowest BCUT2D eigenvalue weighted by Gasteiger charge is -2.27. The van der Waals surface area contributed by atoms with E-state index in [9.17, 15) is 4.79 Å². The predicted octanol–water partition coefficient (Wildman–Crippen LogP) is 2.69. The highest BCUT2D eigenvalue weighted by Crippen LogP contribution is 2.14. The van der Waals surface area contributed by atoms with E-state index >= 15 is 0 Å². The third kappa shape index (κ3) is 5.30. The van der Waals surface area contributed by atoms with Crippen LogP contribution in [0.2, 0.25) is 0 Å². The van der Waals surface area contributed by atoms with Crippen LogP contribution in [0.4, 0.5) is 5.82 Å². The molecule has 150 valence electrons. The molecule has 1 aromatic heterocycles. The van der Waals surface area contributed by atoms with Crippen LogP contribution in [0.5, 0.6) is 0 Å². The van der Waals surface area contributed by atoms with E-state index in [1.54, 1.807) is 6.20 Å². The van der Waals surface area contributed by atoms with Gasteiger partial charge in [-0.25, -0.2) is 4.98 Å². The molecular weight excluding hydrogens is 352 g/mol.